The van der Waals surface area contributed by atoms with Crippen LogP contribution in [0.4, 0.5) is 0 Å². The molecule has 0 aliphatic heterocycles. The first-order valence-electron chi connectivity index (χ1n) is 4.77. The highest BCUT2D eigenvalue weighted by molar-refractivity contribution is 7.24. The standard InChI is InChI=1S/C13H8OS.2H3N/c14-13-9-5-1-3-7-11(9)15-12-8-4-2-6-10(12)13;;/h1-8H;2*1H3. The minimum Gasteiger partial charge on any atom is -0.344 e. The van der Waals surface area contributed by atoms with Gasteiger partial charge in [-0.3, -0.25) is 4.79 Å². The molecule has 0 radical (unpaired) electrons. The van der Waals surface area contributed by atoms with Crippen molar-refractivity contribution in [1.29, 1.82) is 0 Å². The molecule has 0 saturated carbocycles. The lowest BCUT2D eigenvalue weighted by Crippen LogP contribution is -1.99. The minimum absolute atomic E-state index is 0. The zero-order valence-electron chi connectivity index (χ0n) is 9.35. The lowest BCUT2D eigenvalue weighted by atomic mass is 10.2. The highest BCUT2D eigenvalue weighted by Gasteiger charge is 2.03. The van der Waals surface area contributed by atoms with Crippen LogP contribution in [0.3, 0.4) is 0 Å². The van der Waals surface area contributed by atoms with Crippen LogP contribution in [0, 0.1) is 0 Å². The monoisotopic (exact) mass is 246 g/mol. The third kappa shape index (κ3) is 2.06. The smallest absolute Gasteiger partial charge is 0.195 e. The van der Waals surface area contributed by atoms with E-state index in [2.05, 4.69) is 0 Å². The molecule has 3 aromatic rings. The molecular weight excluding hydrogens is 232 g/mol. The SMILES string of the molecule is N.N.O=c1c2ccccc2sc2ccccc12. The first-order chi connectivity index (χ1) is 7.36. The Bertz CT molecular complexity index is 649. The zero-order chi connectivity index (χ0) is 10.3. The second-order valence-electron chi connectivity index (χ2n) is 3.42. The van der Waals surface area contributed by atoms with Gasteiger partial charge in [-0.15, -0.1) is 11.3 Å². The van der Waals surface area contributed by atoms with Gasteiger partial charge in [0.1, 0.15) is 0 Å². The average Bonchev–Trinajstić information content (AvgIpc) is 2.30. The first-order valence-corrected chi connectivity index (χ1v) is 5.58. The van der Waals surface area contributed by atoms with E-state index in [1.807, 2.05) is 48.5 Å². The molecule has 2 aromatic carbocycles. The van der Waals surface area contributed by atoms with E-state index >= 15 is 0 Å². The van der Waals surface area contributed by atoms with Crippen LogP contribution in [-0.2, 0) is 0 Å². The summed E-state index contributed by atoms with van der Waals surface area (Å²) in [4.78, 5) is 12.1. The molecule has 1 aromatic heterocycles. The van der Waals surface area contributed by atoms with Gasteiger partial charge in [0.05, 0.1) is 0 Å². The van der Waals surface area contributed by atoms with Crippen LogP contribution in [0.2, 0.25) is 0 Å². The lowest BCUT2D eigenvalue weighted by Gasteiger charge is -1.99. The van der Waals surface area contributed by atoms with Gasteiger partial charge in [-0.05, 0) is 24.3 Å². The molecule has 3 rings (SSSR count). The predicted molar refractivity (Wildman–Crippen MR) is 75.6 cm³/mol. The molecule has 0 fully saturated rings. The maximum absolute atomic E-state index is 12.1. The summed E-state index contributed by atoms with van der Waals surface area (Å²) in [5.41, 5.74) is 0.139. The number of fused-ring (bicyclic) bond motifs is 2. The molecule has 1 heterocycles. The fourth-order valence-electron chi connectivity index (χ4n) is 1.75. The maximum Gasteiger partial charge on any atom is 0.195 e. The Balaban J connectivity index is 0.000000722. The quantitative estimate of drug-likeness (QED) is 0.592. The Morgan fingerprint density at radius 1 is 0.706 bits per heavy atom. The molecule has 0 aliphatic carbocycles. The summed E-state index contributed by atoms with van der Waals surface area (Å²) in [6, 6.07) is 15.5. The van der Waals surface area contributed by atoms with E-state index in [0.717, 1.165) is 20.2 Å². The van der Waals surface area contributed by atoms with Crippen molar-refractivity contribution in [2.24, 2.45) is 0 Å². The van der Waals surface area contributed by atoms with Crippen molar-refractivity contribution in [2.75, 3.05) is 0 Å². The van der Waals surface area contributed by atoms with Gasteiger partial charge in [0.25, 0.3) is 0 Å². The highest BCUT2D eigenvalue weighted by Crippen LogP contribution is 2.23. The Morgan fingerprint density at radius 2 is 1.12 bits per heavy atom. The average molecular weight is 246 g/mol. The summed E-state index contributed by atoms with van der Waals surface area (Å²) in [5, 5.41) is 1.64. The largest absolute Gasteiger partial charge is 0.344 e. The molecular formula is C13H14N2OS. The van der Waals surface area contributed by atoms with Crippen LogP contribution in [0.25, 0.3) is 20.2 Å². The second kappa shape index (κ2) is 5.05. The van der Waals surface area contributed by atoms with Crippen LogP contribution >= 0.6 is 11.3 Å². The summed E-state index contributed by atoms with van der Waals surface area (Å²) in [6.45, 7) is 0. The molecule has 0 unspecified atom stereocenters. The molecule has 3 nitrogen and oxygen atoms in total. The van der Waals surface area contributed by atoms with Crippen molar-refractivity contribution in [3.63, 3.8) is 0 Å². The van der Waals surface area contributed by atoms with Crippen LogP contribution in [-0.4, -0.2) is 0 Å². The van der Waals surface area contributed by atoms with Gasteiger partial charge in [0, 0.05) is 20.2 Å². The summed E-state index contributed by atoms with van der Waals surface area (Å²) in [5.74, 6) is 0. The van der Waals surface area contributed by atoms with Crippen LogP contribution in [0.15, 0.2) is 53.3 Å². The van der Waals surface area contributed by atoms with E-state index < -0.39 is 0 Å². The van der Waals surface area contributed by atoms with Crippen LogP contribution in [0.5, 0.6) is 0 Å². The predicted octanol–water partition coefficient (Wildman–Crippen LogP) is 3.74. The summed E-state index contributed by atoms with van der Waals surface area (Å²) in [7, 11) is 0. The van der Waals surface area contributed by atoms with Crippen LogP contribution in [0.1, 0.15) is 0 Å². The fourth-order valence-corrected chi connectivity index (χ4v) is 2.82. The number of hydrogen-bond donors (Lipinski definition) is 2. The van der Waals surface area contributed by atoms with Gasteiger partial charge in [-0.2, -0.15) is 0 Å². The number of hydrogen-bond acceptors (Lipinski definition) is 4. The van der Waals surface area contributed by atoms with Gasteiger partial charge >= 0.3 is 0 Å². The molecule has 0 aliphatic rings. The van der Waals surface area contributed by atoms with Gasteiger partial charge in [0.15, 0.2) is 5.43 Å². The van der Waals surface area contributed by atoms with Crippen molar-refractivity contribution in [3.8, 4) is 0 Å². The molecule has 88 valence electrons. The van der Waals surface area contributed by atoms with Crippen molar-refractivity contribution in [3.05, 3.63) is 58.8 Å². The molecule has 0 saturated heterocycles. The van der Waals surface area contributed by atoms with Gasteiger partial charge in [0.2, 0.25) is 0 Å². The van der Waals surface area contributed by atoms with E-state index in [1.54, 1.807) is 11.3 Å². The van der Waals surface area contributed by atoms with Crippen molar-refractivity contribution < 1.29 is 0 Å². The molecule has 6 N–H and O–H groups in total. The Labute approximate surface area is 103 Å². The third-order valence-electron chi connectivity index (χ3n) is 2.48. The van der Waals surface area contributed by atoms with E-state index in [-0.39, 0.29) is 17.7 Å². The topological polar surface area (TPSA) is 87.1 Å². The third-order valence-corrected chi connectivity index (χ3v) is 3.64. The van der Waals surface area contributed by atoms with Crippen molar-refractivity contribution in [2.45, 2.75) is 0 Å². The Hall–Kier alpha value is -1.75. The summed E-state index contributed by atoms with van der Waals surface area (Å²) >= 11 is 1.67. The number of benzene rings is 2. The fraction of sp³-hybridized carbons (Fsp3) is 0. The zero-order valence-corrected chi connectivity index (χ0v) is 10.2. The molecule has 4 heteroatoms. The minimum atomic E-state index is 0. The highest BCUT2D eigenvalue weighted by atomic mass is 32.1. The van der Waals surface area contributed by atoms with Crippen LogP contribution < -0.4 is 17.7 Å². The molecule has 0 spiro atoms. The van der Waals surface area contributed by atoms with Gasteiger partial charge < -0.3 is 12.3 Å². The van der Waals surface area contributed by atoms with Gasteiger partial charge in [-0.25, -0.2) is 0 Å². The lowest BCUT2D eigenvalue weighted by molar-refractivity contribution is 1.75. The second-order valence-corrected chi connectivity index (χ2v) is 4.51. The Kier molecular flexibility index (Phi) is 3.96. The van der Waals surface area contributed by atoms with E-state index in [1.165, 1.54) is 0 Å². The summed E-state index contributed by atoms with van der Waals surface area (Å²) in [6.07, 6.45) is 0. The molecule has 0 atom stereocenters. The number of rotatable bonds is 0. The van der Waals surface area contributed by atoms with E-state index in [4.69, 9.17) is 0 Å². The first kappa shape index (κ1) is 13.3. The van der Waals surface area contributed by atoms with E-state index in [0.29, 0.717) is 0 Å². The maximum atomic E-state index is 12.1. The van der Waals surface area contributed by atoms with Gasteiger partial charge in [-0.1, -0.05) is 24.3 Å². The molecule has 0 bridgehead atoms. The summed E-state index contributed by atoms with van der Waals surface area (Å²) < 4.78 is 2.11. The Morgan fingerprint density at radius 3 is 1.59 bits per heavy atom. The molecule has 0 amide bonds. The normalized spacial score (nSPS) is 9.65. The molecule has 17 heavy (non-hydrogen) atoms. The van der Waals surface area contributed by atoms with E-state index in [9.17, 15) is 4.79 Å². The van der Waals surface area contributed by atoms with Crippen molar-refractivity contribution >= 4 is 31.5 Å². The van der Waals surface area contributed by atoms with Crippen molar-refractivity contribution in [1.82, 2.24) is 12.3 Å².